The maximum atomic E-state index is 12.5. The van der Waals surface area contributed by atoms with Crippen molar-refractivity contribution in [3.05, 3.63) is 64.7 Å². The van der Waals surface area contributed by atoms with Crippen LogP contribution in [-0.2, 0) is 4.79 Å². The summed E-state index contributed by atoms with van der Waals surface area (Å²) in [5, 5.41) is 3.54. The number of ether oxygens (including phenoxy) is 1. The van der Waals surface area contributed by atoms with Crippen LogP contribution in [-0.4, -0.2) is 43.0 Å². The molecular weight excluding hydrogens is 376 g/mol. The van der Waals surface area contributed by atoms with E-state index in [4.69, 9.17) is 16.3 Å². The number of aryl methyl sites for hydroxylation is 1. The van der Waals surface area contributed by atoms with Crippen molar-refractivity contribution in [1.29, 1.82) is 0 Å². The van der Waals surface area contributed by atoms with Gasteiger partial charge >= 0.3 is 0 Å². The second-order valence-electron chi connectivity index (χ2n) is 7.03. The number of nitrogens with zero attached hydrogens (tertiary/aromatic N) is 1. The molecule has 1 heterocycles. The van der Waals surface area contributed by atoms with Crippen LogP contribution in [0, 0.1) is 12.8 Å². The molecular formula is C22H25ClN2O3. The molecule has 0 atom stereocenters. The maximum absolute atomic E-state index is 12.5. The number of benzene rings is 2. The fourth-order valence-corrected chi connectivity index (χ4v) is 3.37. The van der Waals surface area contributed by atoms with E-state index < -0.39 is 0 Å². The second kappa shape index (κ2) is 9.60. The molecule has 2 aromatic carbocycles. The molecule has 3 rings (SSSR count). The molecule has 0 aromatic heterocycles. The molecule has 5 nitrogen and oxygen atoms in total. The van der Waals surface area contributed by atoms with Crippen LogP contribution in [0.3, 0.4) is 0 Å². The Kier molecular flexibility index (Phi) is 6.93. The van der Waals surface area contributed by atoms with E-state index in [1.54, 1.807) is 29.2 Å². The maximum Gasteiger partial charge on any atom is 0.253 e. The summed E-state index contributed by atoms with van der Waals surface area (Å²) in [6.07, 6.45) is 1.34. The van der Waals surface area contributed by atoms with Crippen molar-refractivity contribution in [2.75, 3.05) is 26.2 Å². The van der Waals surface area contributed by atoms with Crippen LogP contribution < -0.4 is 10.1 Å². The van der Waals surface area contributed by atoms with E-state index in [0.29, 0.717) is 49.7 Å². The normalized spacial score (nSPS) is 14.6. The Balaban J connectivity index is 1.38. The zero-order chi connectivity index (χ0) is 19.9. The van der Waals surface area contributed by atoms with Crippen LogP contribution in [0.5, 0.6) is 5.75 Å². The number of amides is 2. The zero-order valence-corrected chi connectivity index (χ0v) is 16.7. The lowest BCUT2D eigenvalue weighted by Crippen LogP contribution is -2.43. The first-order chi connectivity index (χ1) is 13.5. The highest BCUT2D eigenvalue weighted by Crippen LogP contribution is 2.20. The molecule has 0 radical (unpaired) electrons. The number of hydrogen-bond acceptors (Lipinski definition) is 3. The molecule has 2 aromatic rings. The van der Waals surface area contributed by atoms with E-state index in [-0.39, 0.29) is 17.7 Å². The van der Waals surface area contributed by atoms with E-state index in [1.165, 1.54) is 5.56 Å². The number of halogens is 1. The molecule has 0 bridgehead atoms. The monoisotopic (exact) mass is 400 g/mol. The number of carbonyl (C=O) groups is 2. The first-order valence-corrected chi connectivity index (χ1v) is 9.93. The highest BCUT2D eigenvalue weighted by Gasteiger charge is 2.27. The van der Waals surface area contributed by atoms with Gasteiger partial charge in [-0.3, -0.25) is 9.59 Å². The molecule has 0 aliphatic carbocycles. The quantitative estimate of drug-likeness (QED) is 0.752. The first-order valence-electron chi connectivity index (χ1n) is 9.55. The Hall–Kier alpha value is -2.53. The van der Waals surface area contributed by atoms with Gasteiger partial charge in [0, 0.05) is 29.6 Å². The molecule has 1 N–H and O–H groups in total. The molecule has 1 aliphatic heterocycles. The lowest BCUT2D eigenvalue weighted by molar-refractivity contribution is -0.126. The van der Waals surface area contributed by atoms with Gasteiger partial charge in [-0.05, 0) is 56.2 Å². The third-order valence-corrected chi connectivity index (χ3v) is 5.19. The van der Waals surface area contributed by atoms with Crippen molar-refractivity contribution in [2.45, 2.75) is 19.8 Å². The van der Waals surface area contributed by atoms with Crippen LogP contribution in [0.4, 0.5) is 0 Å². The Bertz CT molecular complexity index is 798. The molecule has 1 fully saturated rings. The van der Waals surface area contributed by atoms with E-state index >= 15 is 0 Å². The van der Waals surface area contributed by atoms with Crippen LogP contribution in [0.2, 0.25) is 5.02 Å². The minimum Gasteiger partial charge on any atom is -0.492 e. The Morgan fingerprint density at radius 1 is 1.07 bits per heavy atom. The molecule has 0 unspecified atom stereocenters. The topological polar surface area (TPSA) is 58.6 Å². The highest BCUT2D eigenvalue weighted by molar-refractivity contribution is 6.30. The van der Waals surface area contributed by atoms with Gasteiger partial charge in [0.05, 0.1) is 6.54 Å². The van der Waals surface area contributed by atoms with Crippen molar-refractivity contribution >= 4 is 23.4 Å². The second-order valence-corrected chi connectivity index (χ2v) is 7.46. The lowest BCUT2D eigenvalue weighted by atomic mass is 9.95. The molecule has 1 saturated heterocycles. The predicted octanol–water partition coefficient (Wildman–Crippen LogP) is 3.70. The number of likely N-dealkylation sites (tertiary alicyclic amines) is 1. The van der Waals surface area contributed by atoms with Gasteiger partial charge in [0.25, 0.3) is 5.91 Å². The summed E-state index contributed by atoms with van der Waals surface area (Å²) < 4.78 is 5.63. The minimum absolute atomic E-state index is 0.0120. The molecule has 1 aliphatic rings. The first kappa shape index (κ1) is 20.2. The number of hydrogen-bond donors (Lipinski definition) is 1. The summed E-state index contributed by atoms with van der Waals surface area (Å²) in [5.74, 6) is 0.760. The number of carbonyl (C=O) groups excluding carboxylic acids is 2. The summed E-state index contributed by atoms with van der Waals surface area (Å²) in [6.45, 7) is 4.09. The van der Waals surface area contributed by atoms with E-state index in [1.807, 2.05) is 31.2 Å². The third kappa shape index (κ3) is 5.49. The molecule has 28 heavy (non-hydrogen) atoms. The van der Waals surface area contributed by atoms with Gasteiger partial charge in [-0.2, -0.15) is 0 Å². The number of nitrogens with one attached hydrogen (secondary N) is 1. The highest BCUT2D eigenvalue weighted by atomic mass is 35.5. The minimum atomic E-state index is -0.0614. The summed E-state index contributed by atoms with van der Waals surface area (Å²) >= 11 is 5.87. The Morgan fingerprint density at radius 3 is 2.36 bits per heavy atom. The molecule has 0 saturated carbocycles. The molecule has 148 valence electrons. The van der Waals surface area contributed by atoms with Gasteiger partial charge < -0.3 is 15.0 Å². The average molecular weight is 401 g/mol. The summed E-state index contributed by atoms with van der Waals surface area (Å²) in [4.78, 5) is 26.7. The SMILES string of the molecule is Cc1ccc(OCCNC(=O)C2CCN(C(=O)c3ccc(Cl)cc3)CC2)cc1. The Labute approximate surface area is 170 Å². The molecule has 6 heteroatoms. The van der Waals surface area contributed by atoms with Crippen molar-refractivity contribution in [3.63, 3.8) is 0 Å². The smallest absolute Gasteiger partial charge is 0.253 e. The molecule has 2 amide bonds. The average Bonchev–Trinajstić information content (AvgIpc) is 2.72. The van der Waals surface area contributed by atoms with Gasteiger partial charge in [-0.15, -0.1) is 0 Å². The van der Waals surface area contributed by atoms with Crippen LogP contribution in [0.15, 0.2) is 48.5 Å². The Morgan fingerprint density at radius 2 is 1.71 bits per heavy atom. The van der Waals surface area contributed by atoms with Crippen LogP contribution >= 0.6 is 11.6 Å². The van der Waals surface area contributed by atoms with Crippen molar-refractivity contribution in [2.24, 2.45) is 5.92 Å². The summed E-state index contributed by atoms with van der Waals surface area (Å²) in [7, 11) is 0. The standard InChI is InChI=1S/C22H25ClN2O3/c1-16-2-8-20(9-3-16)28-15-12-24-21(26)17-10-13-25(14-11-17)22(27)18-4-6-19(23)7-5-18/h2-9,17H,10-15H2,1H3,(H,24,26). The number of rotatable bonds is 6. The van der Waals surface area contributed by atoms with Crippen molar-refractivity contribution in [3.8, 4) is 5.75 Å². The van der Waals surface area contributed by atoms with Gasteiger partial charge in [0.2, 0.25) is 5.91 Å². The third-order valence-electron chi connectivity index (χ3n) is 4.94. The van der Waals surface area contributed by atoms with Crippen LogP contribution in [0.25, 0.3) is 0 Å². The summed E-state index contributed by atoms with van der Waals surface area (Å²) in [5.41, 5.74) is 1.81. The van der Waals surface area contributed by atoms with Crippen molar-refractivity contribution < 1.29 is 14.3 Å². The van der Waals surface area contributed by atoms with Crippen molar-refractivity contribution in [1.82, 2.24) is 10.2 Å². The summed E-state index contributed by atoms with van der Waals surface area (Å²) in [6, 6.07) is 14.7. The van der Waals surface area contributed by atoms with Gasteiger partial charge in [0.1, 0.15) is 12.4 Å². The van der Waals surface area contributed by atoms with Gasteiger partial charge in [-0.25, -0.2) is 0 Å². The van der Waals surface area contributed by atoms with E-state index in [9.17, 15) is 9.59 Å². The zero-order valence-electron chi connectivity index (χ0n) is 16.0. The number of piperidine rings is 1. The fraction of sp³-hybridized carbons (Fsp3) is 0.364. The van der Waals surface area contributed by atoms with E-state index in [0.717, 1.165) is 5.75 Å². The molecule has 0 spiro atoms. The lowest BCUT2D eigenvalue weighted by Gasteiger charge is -2.31. The fourth-order valence-electron chi connectivity index (χ4n) is 3.24. The van der Waals surface area contributed by atoms with E-state index in [2.05, 4.69) is 5.32 Å². The van der Waals surface area contributed by atoms with Gasteiger partial charge in [-0.1, -0.05) is 29.3 Å². The van der Waals surface area contributed by atoms with Crippen LogP contribution in [0.1, 0.15) is 28.8 Å². The predicted molar refractivity (Wildman–Crippen MR) is 110 cm³/mol. The van der Waals surface area contributed by atoms with Gasteiger partial charge in [0.15, 0.2) is 0 Å². The largest absolute Gasteiger partial charge is 0.492 e.